The molecule has 1 fully saturated rings. The number of esters is 1. The monoisotopic (exact) mass is 309 g/mol. The van der Waals surface area contributed by atoms with Crippen LogP contribution in [0.3, 0.4) is 0 Å². The Hall–Kier alpha value is -2.13. The number of aryl methyl sites for hydroxylation is 1. The Morgan fingerprint density at radius 3 is 2.22 bits per heavy atom. The molecule has 0 radical (unpaired) electrons. The SMILES string of the molecule is Cc1ccc([C@H]2OC(=O)C(CN(C)C)[C@H]2c2ccccc2)cc1. The number of carbonyl (C=O) groups is 1. The average Bonchev–Trinajstić information content (AvgIpc) is 2.85. The minimum absolute atomic E-state index is 0.0498. The number of hydrogen-bond acceptors (Lipinski definition) is 3. The van der Waals surface area contributed by atoms with E-state index in [-0.39, 0.29) is 23.9 Å². The molecule has 3 rings (SSSR count). The maximum atomic E-state index is 12.5. The molecule has 0 amide bonds. The van der Waals surface area contributed by atoms with Gasteiger partial charge in [0.05, 0.1) is 5.92 Å². The van der Waals surface area contributed by atoms with Gasteiger partial charge < -0.3 is 9.64 Å². The second-order valence-corrected chi connectivity index (χ2v) is 6.57. The molecule has 2 aromatic rings. The highest BCUT2D eigenvalue weighted by Gasteiger charge is 2.46. The first-order valence-corrected chi connectivity index (χ1v) is 8.03. The standard InChI is InChI=1S/C20H23NO2/c1-14-9-11-16(12-10-14)19-18(15-7-5-4-6-8-15)17(13-21(2)3)20(22)23-19/h4-12,17-19H,13H2,1-3H3/t17?,18-,19-/m1/s1. The lowest BCUT2D eigenvalue weighted by Gasteiger charge is -2.23. The average molecular weight is 309 g/mol. The van der Waals surface area contributed by atoms with Crippen LogP contribution >= 0.6 is 0 Å². The minimum atomic E-state index is -0.213. The third kappa shape index (κ3) is 3.30. The van der Waals surface area contributed by atoms with Gasteiger partial charge in [-0.15, -0.1) is 0 Å². The lowest BCUT2D eigenvalue weighted by molar-refractivity contribution is -0.144. The van der Waals surface area contributed by atoms with Gasteiger partial charge in [-0.1, -0.05) is 60.2 Å². The number of rotatable bonds is 4. The summed E-state index contributed by atoms with van der Waals surface area (Å²) in [5.74, 6) is -0.189. The van der Waals surface area contributed by atoms with Crippen molar-refractivity contribution in [2.24, 2.45) is 5.92 Å². The van der Waals surface area contributed by atoms with Gasteiger partial charge in [0.15, 0.2) is 0 Å². The van der Waals surface area contributed by atoms with Crippen molar-refractivity contribution in [2.75, 3.05) is 20.6 Å². The molecule has 0 spiro atoms. The third-order valence-corrected chi connectivity index (χ3v) is 4.46. The van der Waals surface area contributed by atoms with E-state index in [9.17, 15) is 4.79 Å². The summed E-state index contributed by atoms with van der Waals surface area (Å²) in [6, 6.07) is 18.5. The van der Waals surface area contributed by atoms with E-state index in [1.54, 1.807) is 0 Å². The van der Waals surface area contributed by atoms with Crippen LogP contribution in [-0.4, -0.2) is 31.5 Å². The molecule has 1 unspecified atom stereocenters. The highest BCUT2D eigenvalue weighted by molar-refractivity contribution is 5.77. The van der Waals surface area contributed by atoms with E-state index in [2.05, 4.69) is 48.2 Å². The molecule has 0 aliphatic carbocycles. The van der Waals surface area contributed by atoms with Gasteiger partial charge in [-0.3, -0.25) is 4.79 Å². The normalized spacial score (nSPS) is 24.0. The fraction of sp³-hybridized carbons (Fsp3) is 0.350. The lowest BCUT2D eigenvalue weighted by Crippen LogP contribution is -2.28. The van der Waals surface area contributed by atoms with Gasteiger partial charge in [0.2, 0.25) is 0 Å². The van der Waals surface area contributed by atoms with Gasteiger partial charge in [0.25, 0.3) is 0 Å². The van der Waals surface area contributed by atoms with E-state index < -0.39 is 0 Å². The number of ether oxygens (including phenoxy) is 1. The van der Waals surface area contributed by atoms with Crippen LogP contribution in [0.5, 0.6) is 0 Å². The van der Waals surface area contributed by atoms with Crippen molar-refractivity contribution in [3.8, 4) is 0 Å². The maximum Gasteiger partial charge on any atom is 0.311 e. The molecular weight excluding hydrogens is 286 g/mol. The molecule has 1 heterocycles. The van der Waals surface area contributed by atoms with Gasteiger partial charge in [0.1, 0.15) is 6.10 Å². The Morgan fingerprint density at radius 1 is 0.957 bits per heavy atom. The molecule has 0 N–H and O–H groups in total. The predicted molar refractivity (Wildman–Crippen MR) is 91.2 cm³/mol. The molecule has 3 atom stereocenters. The van der Waals surface area contributed by atoms with E-state index in [0.717, 1.165) is 11.1 Å². The summed E-state index contributed by atoms with van der Waals surface area (Å²) in [7, 11) is 3.99. The van der Waals surface area contributed by atoms with Crippen LogP contribution in [0.1, 0.15) is 28.7 Å². The van der Waals surface area contributed by atoms with Crippen molar-refractivity contribution < 1.29 is 9.53 Å². The van der Waals surface area contributed by atoms with Crippen molar-refractivity contribution in [1.29, 1.82) is 0 Å². The Balaban J connectivity index is 2.00. The zero-order valence-corrected chi connectivity index (χ0v) is 13.9. The zero-order valence-electron chi connectivity index (χ0n) is 13.9. The number of carbonyl (C=O) groups excluding carboxylic acids is 1. The quantitative estimate of drug-likeness (QED) is 0.809. The molecular formula is C20H23NO2. The minimum Gasteiger partial charge on any atom is -0.457 e. The summed E-state index contributed by atoms with van der Waals surface area (Å²) < 4.78 is 5.80. The number of benzene rings is 2. The summed E-state index contributed by atoms with van der Waals surface area (Å²) in [4.78, 5) is 14.6. The zero-order chi connectivity index (χ0) is 16.4. The summed E-state index contributed by atoms with van der Waals surface area (Å²) in [6.07, 6.45) is -0.213. The van der Waals surface area contributed by atoms with E-state index in [1.165, 1.54) is 5.56 Å². The molecule has 1 aliphatic rings. The van der Waals surface area contributed by atoms with Crippen molar-refractivity contribution in [2.45, 2.75) is 18.9 Å². The van der Waals surface area contributed by atoms with Crippen molar-refractivity contribution in [3.63, 3.8) is 0 Å². The van der Waals surface area contributed by atoms with Crippen LogP contribution in [0.2, 0.25) is 0 Å². The smallest absolute Gasteiger partial charge is 0.311 e. The van der Waals surface area contributed by atoms with Crippen LogP contribution < -0.4 is 0 Å². The maximum absolute atomic E-state index is 12.5. The molecule has 3 nitrogen and oxygen atoms in total. The Kier molecular flexibility index (Phi) is 4.49. The summed E-state index contributed by atoms with van der Waals surface area (Å²) in [6.45, 7) is 2.76. The largest absolute Gasteiger partial charge is 0.457 e. The van der Waals surface area contributed by atoms with E-state index >= 15 is 0 Å². The van der Waals surface area contributed by atoms with Gasteiger partial charge in [-0.25, -0.2) is 0 Å². The van der Waals surface area contributed by atoms with Crippen molar-refractivity contribution in [3.05, 3.63) is 71.3 Å². The second-order valence-electron chi connectivity index (χ2n) is 6.57. The lowest BCUT2D eigenvalue weighted by atomic mass is 9.81. The molecule has 120 valence electrons. The fourth-order valence-electron chi connectivity index (χ4n) is 3.34. The topological polar surface area (TPSA) is 29.5 Å². The third-order valence-electron chi connectivity index (χ3n) is 4.46. The Morgan fingerprint density at radius 2 is 1.61 bits per heavy atom. The Bertz CT molecular complexity index is 664. The van der Waals surface area contributed by atoms with E-state index in [0.29, 0.717) is 6.54 Å². The number of hydrogen-bond donors (Lipinski definition) is 0. The van der Waals surface area contributed by atoms with Crippen LogP contribution in [-0.2, 0) is 9.53 Å². The number of cyclic esters (lactones) is 1. The molecule has 0 saturated carbocycles. The van der Waals surface area contributed by atoms with Crippen LogP contribution in [0, 0.1) is 12.8 Å². The molecule has 3 heteroatoms. The van der Waals surface area contributed by atoms with E-state index in [4.69, 9.17) is 4.74 Å². The van der Waals surface area contributed by atoms with Crippen molar-refractivity contribution >= 4 is 5.97 Å². The predicted octanol–water partition coefficient (Wildman–Crippen LogP) is 3.55. The highest BCUT2D eigenvalue weighted by Crippen LogP contribution is 2.46. The van der Waals surface area contributed by atoms with Crippen LogP contribution in [0.4, 0.5) is 0 Å². The fourth-order valence-corrected chi connectivity index (χ4v) is 3.34. The number of nitrogens with zero attached hydrogens (tertiary/aromatic N) is 1. The molecule has 23 heavy (non-hydrogen) atoms. The van der Waals surface area contributed by atoms with Gasteiger partial charge in [-0.05, 0) is 32.1 Å². The first kappa shape index (κ1) is 15.8. The van der Waals surface area contributed by atoms with Gasteiger partial charge in [0, 0.05) is 12.5 Å². The molecule has 2 aromatic carbocycles. The molecule has 1 aliphatic heterocycles. The first-order chi connectivity index (χ1) is 11.1. The van der Waals surface area contributed by atoms with E-state index in [1.807, 2.05) is 32.3 Å². The Labute approximate surface area is 137 Å². The first-order valence-electron chi connectivity index (χ1n) is 8.03. The molecule has 1 saturated heterocycles. The van der Waals surface area contributed by atoms with Crippen LogP contribution in [0.25, 0.3) is 0 Å². The van der Waals surface area contributed by atoms with Gasteiger partial charge >= 0.3 is 5.97 Å². The van der Waals surface area contributed by atoms with Gasteiger partial charge in [-0.2, -0.15) is 0 Å². The summed E-state index contributed by atoms with van der Waals surface area (Å²) >= 11 is 0. The highest BCUT2D eigenvalue weighted by atomic mass is 16.6. The molecule has 0 aromatic heterocycles. The molecule has 0 bridgehead atoms. The second kappa shape index (κ2) is 6.55. The summed E-state index contributed by atoms with van der Waals surface area (Å²) in [5, 5.41) is 0. The van der Waals surface area contributed by atoms with Crippen LogP contribution in [0.15, 0.2) is 54.6 Å². The summed E-state index contributed by atoms with van der Waals surface area (Å²) in [5.41, 5.74) is 3.44. The van der Waals surface area contributed by atoms with Crippen molar-refractivity contribution in [1.82, 2.24) is 4.90 Å².